The summed E-state index contributed by atoms with van der Waals surface area (Å²) in [6.45, 7) is 8.47. The van der Waals surface area contributed by atoms with Crippen LogP contribution in [0.15, 0.2) is 60.7 Å². The van der Waals surface area contributed by atoms with Crippen LogP contribution in [0.4, 0.5) is 0 Å². The number of nitrogens with two attached hydrogens (primary N) is 2. The molecule has 2 aromatic rings. The summed E-state index contributed by atoms with van der Waals surface area (Å²) in [5.41, 5.74) is 12.9. The molecule has 0 aromatic heterocycles. The lowest BCUT2D eigenvalue weighted by Crippen LogP contribution is -2.61. The molecule has 13 N–H and O–H groups in total. The van der Waals surface area contributed by atoms with Crippen molar-refractivity contribution in [2.75, 3.05) is 29.8 Å². The summed E-state index contributed by atoms with van der Waals surface area (Å²) in [4.78, 5) is 134. The molecule has 0 saturated carbocycles. The number of primary amides is 1. The Morgan fingerprint density at radius 1 is 0.554 bits per heavy atom. The Balaban J connectivity index is 2.32. The molecule has 0 aliphatic rings. The molecule has 0 fully saturated rings. The smallest absolute Gasteiger partial charge is 0.326 e. The molecule has 24 heteroatoms. The Morgan fingerprint density at radius 3 is 1.45 bits per heavy atom. The van der Waals surface area contributed by atoms with Crippen LogP contribution in [-0.4, -0.2) is 148 Å². The maximum absolute atomic E-state index is 14.1. The van der Waals surface area contributed by atoms with E-state index in [1.54, 1.807) is 68.4 Å². The molecule has 74 heavy (non-hydrogen) atoms. The van der Waals surface area contributed by atoms with Crippen molar-refractivity contribution in [3.05, 3.63) is 71.8 Å². The highest BCUT2D eigenvalue weighted by Gasteiger charge is 2.35. The van der Waals surface area contributed by atoms with Crippen LogP contribution < -0.4 is 54.0 Å². The minimum absolute atomic E-state index is 0.0923. The van der Waals surface area contributed by atoms with E-state index in [0.29, 0.717) is 23.5 Å². The largest absolute Gasteiger partial charge is 0.480 e. The summed E-state index contributed by atoms with van der Waals surface area (Å²) in [6.07, 6.45) is 3.87. The number of thiol groups is 1. The highest BCUT2D eigenvalue weighted by molar-refractivity contribution is 7.98. The maximum atomic E-state index is 14.1. The van der Waals surface area contributed by atoms with Gasteiger partial charge in [-0.05, 0) is 79.6 Å². The fourth-order valence-corrected chi connectivity index (χ4v) is 8.52. The van der Waals surface area contributed by atoms with E-state index in [0.717, 1.165) is 5.56 Å². The number of carbonyl (C=O) groups is 10. The van der Waals surface area contributed by atoms with Gasteiger partial charge in [-0.2, -0.15) is 36.2 Å². The average molecular weight is 1090 g/mol. The molecule has 0 aliphatic heterocycles. The van der Waals surface area contributed by atoms with Crippen molar-refractivity contribution >= 4 is 95.3 Å². The Labute approximate surface area is 447 Å². The fraction of sp³-hybridized carbons (Fsp3) is 0.560. The van der Waals surface area contributed by atoms with E-state index in [4.69, 9.17) is 11.5 Å². The number of nitrogens with one attached hydrogen (secondary N) is 8. The van der Waals surface area contributed by atoms with Crippen LogP contribution in [0, 0.1) is 11.8 Å². The molecular formula is C50H76N10O11S3. The third kappa shape index (κ3) is 23.1. The standard InChI is InChI=1S/C50H76N10O11S3/c1-8-29(4)41(50(70)71)60-45(65)35(20-22-74-7)54-44(64)34(19-21-73-6)55-46(66)36(23-28(2)3)57-49(69)39(27-72)59-47(67)37(25-32-17-13-10-14-18-32)58-48(68)38(26-40(52)61)56-42(62)30(5)53-43(63)33(51)24-31-15-11-9-12-16-31/h9-18,28-30,33-39,41,72H,8,19-27,51H2,1-7H3,(H2,52,61)(H,53,63)(H,54,64)(H,55,66)(H,56,62)(H,57,69)(H,58,68)(H,59,67)(H,60,65)(H,70,71)/t29-,30-,33-,34-,35-,36-,37-,38-,39-,41-/m0/s1. The topological polar surface area (TPSA) is 339 Å². The molecule has 9 amide bonds. The Bertz CT molecular complexity index is 2180. The van der Waals surface area contributed by atoms with Crippen molar-refractivity contribution in [1.82, 2.24) is 42.5 Å². The Kier molecular flexibility index (Phi) is 29.4. The third-order valence-corrected chi connectivity index (χ3v) is 13.4. The molecule has 0 aliphatic carbocycles. The highest BCUT2D eigenvalue weighted by Crippen LogP contribution is 2.13. The first-order chi connectivity index (χ1) is 35.0. The van der Waals surface area contributed by atoms with Crippen LogP contribution in [0.3, 0.4) is 0 Å². The van der Waals surface area contributed by atoms with Crippen molar-refractivity contribution in [3.8, 4) is 0 Å². The SMILES string of the molecule is CC[C@H](C)[C@H](NC(=O)[C@H](CCSC)NC(=O)[C@H](CCSC)NC(=O)[C@H](CC(C)C)NC(=O)[C@H](CS)NC(=O)[C@H](Cc1ccccc1)NC(=O)[C@H](CC(N)=O)NC(=O)[C@H](C)NC(=O)[C@@H](N)Cc1ccccc1)C(=O)O. The number of amides is 9. The van der Waals surface area contributed by atoms with Gasteiger partial charge < -0.3 is 59.1 Å². The van der Waals surface area contributed by atoms with Gasteiger partial charge in [0.05, 0.1) is 12.5 Å². The van der Waals surface area contributed by atoms with Gasteiger partial charge in [-0.3, -0.25) is 43.2 Å². The van der Waals surface area contributed by atoms with Crippen molar-refractivity contribution in [2.24, 2.45) is 23.3 Å². The average Bonchev–Trinajstić information content (AvgIpc) is 3.36. The van der Waals surface area contributed by atoms with Gasteiger partial charge in [-0.1, -0.05) is 94.8 Å². The maximum Gasteiger partial charge on any atom is 0.326 e. The molecular weight excluding hydrogens is 1010 g/mol. The number of hydrogen-bond donors (Lipinski definition) is 12. The summed E-state index contributed by atoms with van der Waals surface area (Å²) in [5, 5.41) is 30.5. The van der Waals surface area contributed by atoms with Gasteiger partial charge in [0.15, 0.2) is 0 Å². The molecule has 10 atom stereocenters. The monoisotopic (exact) mass is 1090 g/mol. The number of aliphatic carboxylic acids is 1. The van der Waals surface area contributed by atoms with Gasteiger partial charge in [0, 0.05) is 12.2 Å². The predicted octanol–water partition coefficient (Wildman–Crippen LogP) is 0.186. The fourth-order valence-electron chi connectivity index (χ4n) is 7.32. The van der Waals surface area contributed by atoms with E-state index >= 15 is 0 Å². The van der Waals surface area contributed by atoms with E-state index in [1.807, 2.05) is 32.4 Å². The molecule has 0 bridgehead atoms. The van der Waals surface area contributed by atoms with Crippen molar-refractivity contribution < 1.29 is 53.1 Å². The van der Waals surface area contributed by atoms with Gasteiger partial charge in [0.1, 0.15) is 48.3 Å². The lowest BCUT2D eigenvalue weighted by Gasteiger charge is -2.28. The summed E-state index contributed by atoms with van der Waals surface area (Å²) in [7, 11) is 0. The number of carbonyl (C=O) groups excluding carboxylic acids is 9. The van der Waals surface area contributed by atoms with E-state index in [2.05, 4.69) is 55.2 Å². The van der Waals surface area contributed by atoms with E-state index < -0.39 is 126 Å². The molecule has 0 unspecified atom stereocenters. The van der Waals surface area contributed by atoms with Gasteiger partial charge in [0.2, 0.25) is 53.2 Å². The number of benzene rings is 2. The molecule has 0 heterocycles. The molecule has 21 nitrogen and oxygen atoms in total. The number of carboxylic acid groups (broad SMARTS) is 1. The zero-order valence-corrected chi connectivity index (χ0v) is 45.7. The normalized spacial score (nSPS) is 15.2. The van der Waals surface area contributed by atoms with Crippen molar-refractivity contribution in [1.29, 1.82) is 0 Å². The molecule has 0 spiro atoms. The Morgan fingerprint density at radius 2 is 0.973 bits per heavy atom. The predicted molar refractivity (Wildman–Crippen MR) is 290 cm³/mol. The summed E-state index contributed by atoms with van der Waals surface area (Å²) in [6, 6.07) is 6.13. The van der Waals surface area contributed by atoms with Gasteiger partial charge in [0.25, 0.3) is 0 Å². The summed E-state index contributed by atoms with van der Waals surface area (Å²) < 4.78 is 0. The second kappa shape index (κ2) is 33.9. The zero-order valence-electron chi connectivity index (χ0n) is 43.1. The first-order valence-electron chi connectivity index (χ1n) is 24.4. The van der Waals surface area contributed by atoms with E-state index in [9.17, 15) is 53.1 Å². The molecule has 410 valence electrons. The number of hydrogen-bond acceptors (Lipinski definition) is 14. The molecule has 0 radical (unpaired) electrons. The van der Waals surface area contributed by atoms with Crippen LogP contribution in [0.5, 0.6) is 0 Å². The van der Waals surface area contributed by atoms with Crippen LogP contribution >= 0.6 is 36.2 Å². The van der Waals surface area contributed by atoms with Gasteiger partial charge in [-0.25, -0.2) is 4.79 Å². The molecule has 2 rings (SSSR count). The van der Waals surface area contributed by atoms with Crippen molar-refractivity contribution in [2.45, 2.75) is 134 Å². The number of carboxylic acids is 1. The first kappa shape index (κ1) is 64.3. The highest BCUT2D eigenvalue weighted by atomic mass is 32.2. The zero-order chi connectivity index (χ0) is 55.5. The number of thioether (sulfide) groups is 2. The van der Waals surface area contributed by atoms with E-state index in [1.165, 1.54) is 30.4 Å². The van der Waals surface area contributed by atoms with Crippen molar-refractivity contribution in [3.63, 3.8) is 0 Å². The van der Waals surface area contributed by atoms with Gasteiger partial charge >= 0.3 is 5.97 Å². The second-order valence-corrected chi connectivity index (χ2v) is 20.7. The number of rotatable bonds is 34. The van der Waals surface area contributed by atoms with E-state index in [-0.39, 0.29) is 43.8 Å². The minimum Gasteiger partial charge on any atom is -0.480 e. The van der Waals surface area contributed by atoms with Crippen LogP contribution in [0.2, 0.25) is 0 Å². The summed E-state index contributed by atoms with van der Waals surface area (Å²) >= 11 is 7.15. The molecule has 2 aromatic carbocycles. The lowest BCUT2D eigenvalue weighted by atomic mass is 9.98. The molecule has 0 saturated heterocycles. The third-order valence-electron chi connectivity index (χ3n) is 11.8. The lowest BCUT2D eigenvalue weighted by molar-refractivity contribution is -0.144. The first-order valence-corrected chi connectivity index (χ1v) is 27.8. The minimum atomic E-state index is -1.61. The quantitative estimate of drug-likeness (QED) is 0.0417. The van der Waals surface area contributed by atoms with Gasteiger partial charge in [-0.15, -0.1) is 0 Å². The second-order valence-electron chi connectivity index (χ2n) is 18.3. The Hall–Kier alpha value is -5.85. The summed E-state index contributed by atoms with van der Waals surface area (Å²) in [5.74, 6) is -8.45. The van der Waals surface area contributed by atoms with Crippen LogP contribution in [-0.2, 0) is 60.8 Å². The van der Waals surface area contributed by atoms with Crippen LogP contribution in [0.25, 0.3) is 0 Å². The van der Waals surface area contributed by atoms with Crippen LogP contribution in [0.1, 0.15) is 77.8 Å².